The minimum absolute atomic E-state index is 0.142. The Morgan fingerprint density at radius 3 is 1.86 bits per heavy atom. The van der Waals surface area contributed by atoms with Crippen LogP contribution in [0.15, 0.2) is 0 Å². The molecule has 0 aromatic carbocycles. The van der Waals surface area contributed by atoms with Crippen LogP contribution in [-0.4, -0.2) is 43.5 Å². The van der Waals surface area contributed by atoms with Crippen molar-refractivity contribution in [3.63, 3.8) is 0 Å². The molecule has 0 rings (SSSR count). The van der Waals surface area contributed by atoms with Gasteiger partial charge in [-0.3, -0.25) is 10.4 Å². The largest absolute Gasteiger partial charge is 0.450 e. The molecule has 0 aromatic heterocycles. The van der Waals surface area contributed by atoms with Gasteiger partial charge < -0.3 is 9.30 Å². The maximum atomic E-state index is 13.2. The third-order valence-electron chi connectivity index (χ3n) is 2.68. The summed E-state index contributed by atoms with van der Waals surface area (Å²) >= 11 is 0. The van der Waals surface area contributed by atoms with Crippen molar-refractivity contribution in [1.82, 2.24) is 10.4 Å². The first kappa shape index (κ1) is 21.0. The van der Waals surface area contributed by atoms with E-state index in [0.29, 0.717) is 0 Å². The van der Waals surface area contributed by atoms with E-state index >= 15 is 0 Å². The number of amides is 1. The number of nitrogens with one attached hydrogen (secondary N) is 2. The van der Waals surface area contributed by atoms with Gasteiger partial charge in [0.05, 0.1) is 6.61 Å². The highest BCUT2D eigenvalue weighted by Gasteiger charge is 2.79. The van der Waals surface area contributed by atoms with Crippen molar-refractivity contribution in [3.8, 4) is 0 Å². The van der Waals surface area contributed by atoms with Crippen LogP contribution in [0.1, 0.15) is 20.3 Å². The molecule has 0 saturated carbocycles. The molecule has 1 amide bonds. The summed E-state index contributed by atoms with van der Waals surface area (Å²) in [5, 5.41) is -2.46. The van der Waals surface area contributed by atoms with Crippen molar-refractivity contribution in [2.75, 3.05) is 19.8 Å². The molecule has 0 fully saturated rings. The Bertz CT molecular complexity index is 423. The lowest BCUT2D eigenvalue weighted by atomic mass is 10.2. The molecule has 0 radical (unpaired) electrons. The second kappa shape index (κ2) is 7.08. The van der Waals surface area contributed by atoms with Gasteiger partial charge in [0.25, 0.3) is 5.28 Å². The van der Waals surface area contributed by atoms with Crippen LogP contribution in [0.3, 0.4) is 0 Å². The Hall–Kier alpha value is -0.960. The third-order valence-corrected chi connectivity index (χ3v) is 5.41. The summed E-state index contributed by atoms with van der Waals surface area (Å²) in [4.78, 5) is 11.2. The molecular weight excluding hydrogens is 341 g/mol. The summed E-state index contributed by atoms with van der Waals surface area (Å²) in [5.74, 6) is 0. The Morgan fingerprint density at radius 2 is 1.55 bits per heavy atom. The van der Waals surface area contributed by atoms with Crippen LogP contribution in [0.4, 0.5) is 31.1 Å². The number of carbonyl (C=O) groups is 1. The highest BCUT2D eigenvalue weighted by molar-refractivity contribution is 7.63. The summed E-state index contributed by atoms with van der Waals surface area (Å²) in [6, 6.07) is 0. The average Bonchev–Trinajstić information content (AvgIpc) is 2.30. The third kappa shape index (κ3) is 4.07. The maximum Gasteiger partial charge on any atom is 0.429 e. The molecule has 0 heterocycles. The molecule has 132 valence electrons. The monoisotopic (exact) mass is 358 g/mol. The van der Waals surface area contributed by atoms with Gasteiger partial charge in [0.2, 0.25) is 0 Å². The zero-order valence-corrected chi connectivity index (χ0v) is 13.0. The van der Waals surface area contributed by atoms with Crippen molar-refractivity contribution < 1.29 is 40.4 Å². The first-order chi connectivity index (χ1) is 9.77. The zero-order valence-electron chi connectivity index (χ0n) is 12.1. The molecule has 0 aliphatic rings. The van der Waals surface area contributed by atoms with Gasteiger partial charge in [-0.05, 0) is 13.3 Å². The van der Waals surface area contributed by atoms with E-state index in [-0.39, 0.29) is 19.6 Å². The second-order valence-corrected chi connectivity index (χ2v) is 7.22. The molecule has 0 spiro atoms. The number of ether oxygens (including phenoxy) is 1. The highest BCUT2D eigenvalue weighted by Crippen LogP contribution is 2.64. The molecule has 22 heavy (non-hydrogen) atoms. The first-order valence-corrected chi connectivity index (χ1v) is 8.33. The fraction of sp³-hybridized carbons (Fsp3) is 0.900. The van der Waals surface area contributed by atoms with Crippen LogP contribution in [0.2, 0.25) is 0 Å². The number of hydrogen-bond donors (Lipinski definition) is 2. The summed E-state index contributed by atoms with van der Waals surface area (Å²) in [7, 11) is -5.18. The predicted octanol–water partition coefficient (Wildman–Crippen LogP) is 3.46. The quantitative estimate of drug-likeness (QED) is 0.564. The zero-order chi connectivity index (χ0) is 17.8. The van der Waals surface area contributed by atoms with Crippen molar-refractivity contribution in [2.45, 2.75) is 37.9 Å². The van der Waals surface area contributed by atoms with E-state index in [1.54, 1.807) is 5.09 Å². The lowest BCUT2D eigenvalue weighted by molar-refractivity contribution is -0.275. The molecule has 0 aliphatic heterocycles. The molecule has 2 N–H and O–H groups in total. The first-order valence-electron chi connectivity index (χ1n) is 6.18. The molecule has 0 bridgehead atoms. The number of halogens is 6. The van der Waals surface area contributed by atoms with E-state index < -0.39 is 37.6 Å². The van der Waals surface area contributed by atoms with Crippen LogP contribution in [0.25, 0.3) is 0 Å². The van der Waals surface area contributed by atoms with Crippen LogP contribution in [-0.2, 0) is 9.30 Å². The number of hydrogen-bond acceptors (Lipinski definition) is 3. The lowest BCUT2D eigenvalue weighted by Gasteiger charge is -2.41. The van der Waals surface area contributed by atoms with Gasteiger partial charge in [-0.1, -0.05) is 6.92 Å². The fourth-order valence-corrected chi connectivity index (χ4v) is 3.81. The van der Waals surface area contributed by atoms with Crippen molar-refractivity contribution in [3.05, 3.63) is 0 Å². The molecule has 1 atom stereocenters. The summed E-state index contributed by atoms with van der Waals surface area (Å²) < 4.78 is 95.4. The van der Waals surface area contributed by atoms with Gasteiger partial charge >= 0.3 is 18.4 Å². The lowest BCUT2D eigenvalue weighted by Crippen LogP contribution is -2.68. The summed E-state index contributed by atoms with van der Waals surface area (Å²) in [5.41, 5.74) is 0. The normalized spacial score (nSPS) is 16.0. The van der Waals surface area contributed by atoms with Crippen molar-refractivity contribution in [1.29, 1.82) is 0 Å². The Morgan fingerprint density at radius 1 is 1.09 bits per heavy atom. The topological polar surface area (TPSA) is 67.4 Å². The van der Waals surface area contributed by atoms with E-state index in [1.807, 2.05) is 0 Å². The van der Waals surface area contributed by atoms with Crippen LogP contribution in [0.5, 0.6) is 0 Å². The smallest absolute Gasteiger partial charge is 0.429 e. The molecule has 0 aliphatic carbocycles. The van der Waals surface area contributed by atoms with E-state index in [9.17, 15) is 35.7 Å². The van der Waals surface area contributed by atoms with E-state index in [4.69, 9.17) is 0 Å². The van der Waals surface area contributed by atoms with E-state index in [1.165, 1.54) is 13.8 Å². The SMILES string of the molecule is CCCNP(C)(=O)C(NC(=O)OCC)(C(F)(F)F)C(F)(F)F. The van der Waals surface area contributed by atoms with Gasteiger partial charge in [-0.15, -0.1) is 0 Å². The van der Waals surface area contributed by atoms with Gasteiger partial charge in [-0.2, -0.15) is 26.3 Å². The van der Waals surface area contributed by atoms with Crippen LogP contribution >= 0.6 is 7.29 Å². The van der Waals surface area contributed by atoms with Crippen LogP contribution in [0, 0.1) is 0 Å². The predicted molar refractivity (Wildman–Crippen MR) is 66.8 cm³/mol. The van der Waals surface area contributed by atoms with Crippen LogP contribution < -0.4 is 10.4 Å². The Balaban J connectivity index is 6.12. The number of alkyl halides is 6. The minimum atomic E-state index is -6.05. The molecular formula is C10H17F6N2O3P. The van der Waals surface area contributed by atoms with E-state index in [0.717, 1.165) is 5.32 Å². The highest BCUT2D eigenvalue weighted by atomic mass is 31.2. The maximum absolute atomic E-state index is 13.2. The van der Waals surface area contributed by atoms with Crippen molar-refractivity contribution >= 4 is 13.4 Å². The number of carbonyl (C=O) groups excluding carboxylic acids is 1. The second-order valence-electron chi connectivity index (χ2n) is 4.38. The summed E-state index contributed by atoms with van der Waals surface area (Å²) in [6.07, 6.45) is -13.9. The van der Waals surface area contributed by atoms with Gasteiger partial charge in [-0.25, -0.2) is 4.79 Å². The molecule has 5 nitrogen and oxygen atoms in total. The summed E-state index contributed by atoms with van der Waals surface area (Å²) in [6.45, 7) is 2.15. The number of rotatable bonds is 6. The number of alkyl carbamates (subject to hydrolysis) is 1. The molecule has 0 aromatic rings. The molecule has 0 saturated heterocycles. The minimum Gasteiger partial charge on any atom is -0.450 e. The molecule has 12 heteroatoms. The fourth-order valence-electron chi connectivity index (χ4n) is 1.65. The van der Waals surface area contributed by atoms with Gasteiger partial charge in [0.1, 0.15) is 0 Å². The Labute approximate surface area is 123 Å². The van der Waals surface area contributed by atoms with Gasteiger partial charge in [0, 0.05) is 13.2 Å². The van der Waals surface area contributed by atoms with Crippen molar-refractivity contribution in [2.24, 2.45) is 0 Å². The van der Waals surface area contributed by atoms with Gasteiger partial charge in [0.15, 0.2) is 7.29 Å². The van der Waals surface area contributed by atoms with E-state index in [2.05, 4.69) is 4.74 Å². The average molecular weight is 358 g/mol. The standard InChI is InChI=1S/C10H17F6N2O3P/c1-4-6-17-22(3,20)8(9(11,12)13,10(14,15)16)18-7(19)21-5-2/h4-6H2,1-3H3,(H,17,20)(H,18,19). The Kier molecular flexibility index (Phi) is 6.77. The molecule has 1 unspecified atom stereocenters.